The first-order valence-electron chi connectivity index (χ1n) is 6.47. The average Bonchev–Trinajstić information content (AvgIpc) is 3.08. The third kappa shape index (κ3) is 2.31. The maximum Gasteiger partial charge on any atom is 0.115 e. The summed E-state index contributed by atoms with van der Waals surface area (Å²) in [6.45, 7) is 0.690. The highest BCUT2D eigenvalue weighted by Gasteiger charge is 2.30. The Morgan fingerprint density at radius 2 is 2.12 bits per heavy atom. The lowest BCUT2D eigenvalue weighted by Gasteiger charge is -2.17. The van der Waals surface area contributed by atoms with Gasteiger partial charge in [0.25, 0.3) is 0 Å². The molecule has 3 nitrogen and oxygen atoms in total. The van der Waals surface area contributed by atoms with E-state index in [1.807, 2.05) is 12.1 Å². The number of aliphatic hydroxyl groups is 1. The summed E-state index contributed by atoms with van der Waals surface area (Å²) in [6.07, 6.45) is 4.25. The molecule has 3 N–H and O–H groups in total. The van der Waals surface area contributed by atoms with E-state index in [-0.39, 0.29) is 6.10 Å². The molecule has 1 saturated carbocycles. The van der Waals surface area contributed by atoms with Gasteiger partial charge in [0.15, 0.2) is 0 Å². The summed E-state index contributed by atoms with van der Waals surface area (Å²) >= 11 is 0. The van der Waals surface area contributed by atoms with Gasteiger partial charge in [0, 0.05) is 12.6 Å². The number of aliphatic hydroxyl groups excluding tert-OH is 1. The number of aromatic hydroxyl groups is 1. The zero-order valence-corrected chi connectivity index (χ0v) is 9.89. The fraction of sp³-hybridized carbons (Fsp3) is 0.571. The molecule has 2 atom stereocenters. The molecule has 0 spiro atoms. The van der Waals surface area contributed by atoms with Crippen LogP contribution in [0.25, 0.3) is 0 Å². The Morgan fingerprint density at radius 3 is 2.88 bits per heavy atom. The fourth-order valence-corrected chi connectivity index (χ4v) is 2.73. The van der Waals surface area contributed by atoms with Crippen molar-refractivity contribution < 1.29 is 10.2 Å². The van der Waals surface area contributed by atoms with Crippen LogP contribution in [0.5, 0.6) is 5.75 Å². The lowest BCUT2D eigenvalue weighted by atomic mass is 10.1. The van der Waals surface area contributed by atoms with Gasteiger partial charge in [-0.15, -0.1) is 0 Å². The van der Waals surface area contributed by atoms with E-state index < -0.39 is 0 Å². The molecule has 0 radical (unpaired) electrons. The average molecular weight is 233 g/mol. The maximum absolute atomic E-state index is 9.84. The molecule has 0 amide bonds. The Balaban J connectivity index is 1.62. The summed E-state index contributed by atoms with van der Waals surface area (Å²) in [4.78, 5) is 0. The van der Waals surface area contributed by atoms with Crippen LogP contribution in [0.1, 0.15) is 36.4 Å². The van der Waals surface area contributed by atoms with Crippen molar-refractivity contribution in [2.45, 2.75) is 37.8 Å². The van der Waals surface area contributed by atoms with Crippen LogP contribution in [0.4, 0.5) is 0 Å². The Kier molecular flexibility index (Phi) is 2.81. The topological polar surface area (TPSA) is 52.5 Å². The number of phenols is 1. The van der Waals surface area contributed by atoms with Crippen molar-refractivity contribution in [1.82, 2.24) is 5.32 Å². The molecule has 2 unspecified atom stereocenters. The van der Waals surface area contributed by atoms with Crippen LogP contribution in [-0.4, -0.2) is 22.9 Å². The Hall–Kier alpha value is -1.06. The van der Waals surface area contributed by atoms with E-state index >= 15 is 0 Å². The minimum Gasteiger partial charge on any atom is -0.508 e. The molecular formula is C14H19NO2. The quantitative estimate of drug-likeness (QED) is 0.742. The number of aryl methyl sites for hydroxylation is 1. The zero-order valence-electron chi connectivity index (χ0n) is 9.89. The minimum absolute atomic E-state index is 0.184. The Bertz CT molecular complexity index is 415. The van der Waals surface area contributed by atoms with Crippen LogP contribution in [0, 0.1) is 5.92 Å². The number of hydrogen-bond acceptors (Lipinski definition) is 3. The van der Waals surface area contributed by atoms with Gasteiger partial charge in [-0.3, -0.25) is 0 Å². The zero-order chi connectivity index (χ0) is 11.8. The van der Waals surface area contributed by atoms with Gasteiger partial charge in [0.2, 0.25) is 0 Å². The van der Waals surface area contributed by atoms with E-state index in [9.17, 15) is 10.2 Å². The normalized spacial score (nSPS) is 24.6. The van der Waals surface area contributed by atoms with Gasteiger partial charge in [-0.05, 0) is 54.9 Å². The second-order valence-corrected chi connectivity index (χ2v) is 5.29. The van der Waals surface area contributed by atoms with E-state index in [1.165, 1.54) is 24.0 Å². The second-order valence-electron chi connectivity index (χ2n) is 5.29. The van der Waals surface area contributed by atoms with Crippen LogP contribution in [0.2, 0.25) is 0 Å². The van der Waals surface area contributed by atoms with E-state index in [0.29, 0.717) is 24.3 Å². The smallest absolute Gasteiger partial charge is 0.115 e. The third-order valence-electron chi connectivity index (χ3n) is 3.94. The maximum atomic E-state index is 9.84. The predicted octanol–water partition coefficient (Wildman–Crippen LogP) is 1.74. The number of fused-ring (bicyclic) bond motifs is 1. The third-order valence-corrected chi connectivity index (χ3v) is 3.94. The van der Waals surface area contributed by atoms with Crippen LogP contribution in [0.15, 0.2) is 18.2 Å². The summed E-state index contributed by atoms with van der Waals surface area (Å²) in [6, 6.07) is 5.95. The molecule has 1 aromatic carbocycles. The SMILES string of the molecule is Oc1ccc2c(c1)CCC2NCC(O)C1CC1. The first kappa shape index (κ1) is 11.1. The minimum atomic E-state index is -0.184. The van der Waals surface area contributed by atoms with Gasteiger partial charge in [-0.1, -0.05) is 6.07 Å². The van der Waals surface area contributed by atoms with Crippen LogP contribution in [0.3, 0.4) is 0 Å². The standard InChI is InChI=1S/C14H19NO2/c16-11-4-5-12-10(7-11)3-6-13(12)15-8-14(17)9-1-2-9/h4-5,7,9,13-17H,1-3,6,8H2. The monoisotopic (exact) mass is 233 g/mol. The van der Waals surface area contributed by atoms with Crippen molar-refractivity contribution in [3.63, 3.8) is 0 Å². The van der Waals surface area contributed by atoms with Crippen LogP contribution < -0.4 is 5.32 Å². The molecule has 0 saturated heterocycles. The molecule has 1 fully saturated rings. The van der Waals surface area contributed by atoms with Crippen LogP contribution >= 0.6 is 0 Å². The van der Waals surface area contributed by atoms with Crippen molar-refractivity contribution in [2.75, 3.05) is 6.54 Å². The molecule has 2 aliphatic rings. The van der Waals surface area contributed by atoms with E-state index in [0.717, 1.165) is 12.8 Å². The largest absolute Gasteiger partial charge is 0.508 e. The number of nitrogens with one attached hydrogen (secondary N) is 1. The van der Waals surface area contributed by atoms with Gasteiger partial charge < -0.3 is 15.5 Å². The molecule has 0 aromatic heterocycles. The Morgan fingerprint density at radius 1 is 1.29 bits per heavy atom. The molecule has 17 heavy (non-hydrogen) atoms. The highest BCUT2D eigenvalue weighted by atomic mass is 16.3. The number of phenolic OH excluding ortho intramolecular Hbond substituents is 1. The van der Waals surface area contributed by atoms with Crippen molar-refractivity contribution in [3.8, 4) is 5.75 Å². The lowest BCUT2D eigenvalue weighted by Crippen LogP contribution is -2.30. The molecule has 3 heteroatoms. The van der Waals surface area contributed by atoms with Gasteiger partial charge >= 0.3 is 0 Å². The Labute approximate surface area is 101 Å². The van der Waals surface area contributed by atoms with Gasteiger partial charge in [-0.25, -0.2) is 0 Å². The van der Waals surface area contributed by atoms with Crippen molar-refractivity contribution in [1.29, 1.82) is 0 Å². The van der Waals surface area contributed by atoms with Crippen LogP contribution in [-0.2, 0) is 6.42 Å². The molecule has 1 aromatic rings. The molecule has 3 rings (SSSR count). The summed E-state index contributed by atoms with van der Waals surface area (Å²) in [5.74, 6) is 0.880. The molecule has 0 heterocycles. The first-order chi connectivity index (χ1) is 8.24. The summed E-state index contributed by atoms with van der Waals surface area (Å²) < 4.78 is 0. The number of rotatable bonds is 4. The molecule has 2 aliphatic carbocycles. The summed E-state index contributed by atoms with van der Waals surface area (Å²) in [7, 11) is 0. The molecule has 92 valence electrons. The van der Waals surface area contributed by atoms with Gasteiger partial charge in [-0.2, -0.15) is 0 Å². The van der Waals surface area contributed by atoms with Crippen molar-refractivity contribution in [2.24, 2.45) is 5.92 Å². The van der Waals surface area contributed by atoms with Crippen molar-refractivity contribution >= 4 is 0 Å². The van der Waals surface area contributed by atoms with E-state index in [2.05, 4.69) is 5.32 Å². The lowest BCUT2D eigenvalue weighted by molar-refractivity contribution is 0.144. The van der Waals surface area contributed by atoms with Gasteiger partial charge in [0.1, 0.15) is 5.75 Å². The van der Waals surface area contributed by atoms with Crippen molar-refractivity contribution in [3.05, 3.63) is 29.3 Å². The van der Waals surface area contributed by atoms with E-state index in [4.69, 9.17) is 0 Å². The molecule has 0 aliphatic heterocycles. The first-order valence-corrected chi connectivity index (χ1v) is 6.47. The summed E-state index contributed by atoms with van der Waals surface area (Å²) in [5.41, 5.74) is 2.52. The highest BCUT2D eigenvalue weighted by Crippen LogP contribution is 2.35. The fourth-order valence-electron chi connectivity index (χ4n) is 2.73. The van der Waals surface area contributed by atoms with E-state index in [1.54, 1.807) is 6.07 Å². The number of hydrogen-bond donors (Lipinski definition) is 3. The number of benzene rings is 1. The van der Waals surface area contributed by atoms with Gasteiger partial charge in [0.05, 0.1) is 6.10 Å². The molecule has 0 bridgehead atoms. The molecular weight excluding hydrogens is 214 g/mol. The highest BCUT2D eigenvalue weighted by molar-refractivity contribution is 5.40. The second kappa shape index (κ2) is 4.31. The summed E-state index contributed by atoms with van der Waals surface area (Å²) in [5, 5.41) is 22.7. The predicted molar refractivity (Wildman–Crippen MR) is 65.9 cm³/mol.